The van der Waals surface area contributed by atoms with Gasteiger partial charge in [0.2, 0.25) is 0 Å². The predicted octanol–water partition coefficient (Wildman–Crippen LogP) is 3.65. The Hall–Kier alpha value is -1.86. The molecular formula is C20H24BrNO5. The van der Waals surface area contributed by atoms with Crippen molar-refractivity contribution in [3.05, 3.63) is 34.5 Å². The molecule has 1 aliphatic rings. The number of amides is 1. The number of aliphatic hydroxyl groups is 1. The van der Waals surface area contributed by atoms with Gasteiger partial charge >= 0.3 is 5.97 Å². The Kier molecular flexibility index (Phi) is 5.63. The summed E-state index contributed by atoms with van der Waals surface area (Å²) < 4.78 is 11.9. The van der Waals surface area contributed by atoms with Gasteiger partial charge < -0.3 is 19.6 Å². The van der Waals surface area contributed by atoms with E-state index in [1.807, 2.05) is 32.9 Å². The van der Waals surface area contributed by atoms with Gasteiger partial charge in [-0.05, 0) is 57.9 Å². The first-order chi connectivity index (χ1) is 12.6. The minimum Gasteiger partial charge on any atom is -0.460 e. The van der Waals surface area contributed by atoms with Crippen LogP contribution in [0, 0.1) is 11.8 Å². The van der Waals surface area contributed by atoms with Crippen LogP contribution >= 0.6 is 15.9 Å². The SMILES string of the molecule is CC(C)(C)OC(=O)[C@H]1C[C@@H](CNC(=O)c2cc3cc(Br)ccc3o2)[C@H](O)C1. The molecule has 0 aliphatic heterocycles. The van der Waals surface area contributed by atoms with Crippen LogP contribution in [-0.2, 0) is 9.53 Å². The quantitative estimate of drug-likeness (QED) is 0.712. The Labute approximate surface area is 166 Å². The van der Waals surface area contributed by atoms with Crippen LogP contribution in [0.2, 0.25) is 0 Å². The summed E-state index contributed by atoms with van der Waals surface area (Å²) in [7, 11) is 0. The summed E-state index contributed by atoms with van der Waals surface area (Å²) in [6.45, 7) is 5.74. The molecule has 7 heteroatoms. The molecule has 0 radical (unpaired) electrons. The van der Waals surface area contributed by atoms with Crippen molar-refractivity contribution >= 4 is 38.8 Å². The maximum absolute atomic E-state index is 12.4. The Morgan fingerprint density at radius 1 is 1.30 bits per heavy atom. The standard InChI is InChI=1S/C20H24BrNO5/c1-20(2,3)27-19(25)12-6-13(15(23)8-12)10-22-18(24)17-9-11-7-14(21)4-5-16(11)26-17/h4-5,7,9,12-13,15,23H,6,8,10H2,1-3H3,(H,22,24)/t12-,13-,15+/m0/s1. The van der Waals surface area contributed by atoms with Crippen molar-refractivity contribution in [1.82, 2.24) is 5.32 Å². The van der Waals surface area contributed by atoms with Gasteiger partial charge in [-0.2, -0.15) is 0 Å². The number of carbonyl (C=O) groups excluding carboxylic acids is 2. The first-order valence-electron chi connectivity index (χ1n) is 9.00. The third-order valence-electron chi connectivity index (χ3n) is 4.62. The van der Waals surface area contributed by atoms with Crippen LogP contribution in [0.15, 0.2) is 33.2 Å². The molecule has 6 nitrogen and oxygen atoms in total. The molecular weight excluding hydrogens is 414 g/mol. The van der Waals surface area contributed by atoms with Crippen LogP contribution in [0.4, 0.5) is 0 Å². The Balaban J connectivity index is 1.57. The number of hydrogen-bond acceptors (Lipinski definition) is 5. The number of ether oxygens (including phenoxy) is 1. The van der Waals surface area contributed by atoms with Crippen molar-refractivity contribution in [2.75, 3.05) is 6.54 Å². The molecule has 1 amide bonds. The molecule has 1 fully saturated rings. The maximum atomic E-state index is 12.4. The van der Waals surface area contributed by atoms with Crippen molar-refractivity contribution in [3.63, 3.8) is 0 Å². The van der Waals surface area contributed by atoms with Crippen molar-refractivity contribution < 1.29 is 23.8 Å². The number of furan rings is 1. The number of halogens is 1. The number of rotatable bonds is 4. The molecule has 1 aromatic carbocycles. The maximum Gasteiger partial charge on any atom is 0.309 e. The minimum atomic E-state index is -0.644. The third kappa shape index (κ3) is 4.90. The Bertz CT molecular complexity index is 854. The number of esters is 1. The fourth-order valence-corrected chi connectivity index (χ4v) is 3.72. The molecule has 3 atom stereocenters. The smallest absolute Gasteiger partial charge is 0.309 e. The zero-order valence-electron chi connectivity index (χ0n) is 15.6. The number of benzene rings is 1. The van der Waals surface area contributed by atoms with Crippen molar-refractivity contribution in [2.24, 2.45) is 11.8 Å². The lowest BCUT2D eigenvalue weighted by Crippen LogP contribution is -2.32. The van der Waals surface area contributed by atoms with E-state index in [1.54, 1.807) is 12.1 Å². The predicted molar refractivity (Wildman–Crippen MR) is 104 cm³/mol. The van der Waals surface area contributed by atoms with Crippen molar-refractivity contribution in [2.45, 2.75) is 45.3 Å². The Morgan fingerprint density at radius 3 is 2.74 bits per heavy atom. The number of aliphatic hydroxyl groups excluding tert-OH is 1. The van der Waals surface area contributed by atoms with E-state index in [1.165, 1.54) is 0 Å². The largest absolute Gasteiger partial charge is 0.460 e. The molecule has 27 heavy (non-hydrogen) atoms. The molecule has 0 saturated heterocycles. The molecule has 2 aromatic rings. The van der Waals surface area contributed by atoms with E-state index >= 15 is 0 Å². The molecule has 0 unspecified atom stereocenters. The van der Waals surface area contributed by atoms with E-state index in [9.17, 15) is 14.7 Å². The number of carbonyl (C=O) groups is 2. The topological polar surface area (TPSA) is 88.8 Å². The van der Waals surface area contributed by atoms with Gasteiger partial charge in [-0.15, -0.1) is 0 Å². The lowest BCUT2D eigenvalue weighted by Gasteiger charge is -2.22. The van der Waals surface area contributed by atoms with Crippen LogP contribution in [0.3, 0.4) is 0 Å². The van der Waals surface area contributed by atoms with E-state index in [0.717, 1.165) is 9.86 Å². The van der Waals surface area contributed by atoms with Crippen LogP contribution in [-0.4, -0.2) is 35.2 Å². The minimum absolute atomic E-state index is 0.190. The highest BCUT2D eigenvalue weighted by molar-refractivity contribution is 9.10. The van der Waals surface area contributed by atoms with E-state index < -0.39 is 11.7 Å². The summed E-state index contributed by atoms with van der Waals surface area (Å²) in [5.74, 6) is -0.942. The van der Waals surface area contributed by atoms with Gasteiger partial charge in [-0.25, -0.2) is 0 Å². The fourth-order valence-electron chi connectivity index (χ4n) is 3.34. The van der Waals surface area contributed by atoms with Crippen LogP contribution < -0.4 is 5.32 Å². The highest BCUT2D eigenvalue weighted by atomic mass is 79.9. The molecule has 2 N–H and O–H groups in total. The van der Waals surface area contributed by atoms with Gasteiger partial charge in [0.05, 0.1) is 12.0 Å². The molecule has 1 heterocycles. The van der Waals surface area contributed by atoms with Gasteiger partial charge in [0.25, 0.3) is 5.91 Å². The van der Waals surface area contributed by atoms with Crippen LogP contribution in [0.1, 0.15) is 44.2 Å². The van der Waals surface area contributed by atoms with Gasteiger partial charge in [0.1, 0.15) is 11.2 Å². The third-order valence-corrected chi connectivity index (χ3v) is 5.12. The second-order valence-corrected chi connectivity index (χ2v) is 8.95. The summed E-state index contributed by atoms with van der Waals surface area (Å²) in [6.07, 6.45) is 0.201. The first kappa shape index (κ1) is 19.9. The summed E-state index contributed by atoms with van der Waals surface area (Å²) >= 11 is 3.39. The van der Waals surface area contributed by atoms with E-state index in [2.05, 4.69) is 21.2 Å². The fraction of sp³-hybridized carbons (Fsp3) is 0.500. The number of nitrogens with one attached hydrogen (secondary N) is 1. The number of fused-ring (bicyclic) bond motifs is 1. The van der Waals surface area contributed by atoms with E-state index in [4.69, 9.17) is 9.15 Å². The number of hydrogen-bond donors (Lipinski definition) is 2. The summed E-state index contributed by atoms with van der Waals surface area (Å²) in [6, 6.07) is 7.20. The van der Waals surface area contributed by atoms with Crippen LogP contribution in [0.5, 0.6) is 0 Å². The highest BCUT2D eigenvalue weighted by Crippen LogP contribution is 2.33. The summed E-state index contributed by atoms with van der Waals surface area (Å²) in [5.41, 5.74) is 0.0826. The Morgan fingerprint density at radius 2 is 2.04 bits per heavy atom. The average molecular weight is 438 g/mol. The zero-order chi connectivity index (χ0) is 19.8. The molecule has 146 valence electrons. The lowest BCUT2D eigenvalue weighted by atomic mass is 10.0. The monoisotopic (exact) mass is 437 g/mol. The lowest BCUT2D eigenvalue weighted by molar-refractivity contribution is -0.160. The summed E-state index contributed by atoms with van der Waals surface area (Å²) in [5, 5.41) is 13.9. The van der Waals surface area contributed by atoms with Gasteiger partial charge in [-0.1, -0.05) is 15.9 Å². The molecule has 0 bridgehead atoms. The normalized spacial score (nSPS) is 22.8. The highest BCUT2D eigenvalue weighted by Gasteiger charge is 2.39. The van der Waals surface area contributed by atoms with Crippen molar-refractivity contribution in [3.8, 4) is 0 Å². The summed E-state index contributed by atoms with van der Waals surface area (Å²) in [4.78, 5) is 24.6. The molecule has 3 rings (SSSR count). The molecule has 0 spiro atoms. The van der Waals surface area contributed by atoms with E-state index in [-0.39, 0.29) is 36.0 Å². The second-order valence-electron chi connectivity index (χ2n) is 8.03. The van der Waals surface area contributed by atoms with E-state index in [0.29, 0.717) is 18.4 Å². The molecule has 1 saturated carbocycles. The van der Waals surface area contributed by atoms with Crippen LogP contribution in [0.25, 0.3) is 11.0 Å². The molecule has 1 aliphatic carbocycles. The van der Waals surface area contributed by atoms with Gasteiger partial charge in [0, 0.05) is 22.3 Å². The van der Waals surface area contributed by atoms with Gasteiger partial charge in [0.15, 0.2) is 5.76 Å². The van der Waals surface area contributed by atoms with Gasteiger partial charge in [-0.3, -0.25) is 9.59 Å². The first-order valence-corrected chi connectivity index (χ1v) is 9.80. The zero-order valence-corrected chi connectivity index (χ0v) is 17.2. The second kappa shape index (κ2) is 7.64. The van der Waals surface area contributed by atoms with Crippen molar-refractivity contribution in [1.29, 1.82) is 0 Å². The average Bonchev–Trinajstić information content (AvgIpc) is 3.14. The molecule has 1 aromatic heterocycles.